The summed E-state index contributed by atoms with van der Waals surface area (Å²) in [6.07, 6.45) is 4.88. The fraction of sp³-hybridized carbons (Fsp3) is 0.824. The molecule has 2 fully saturated rings. The maximum atomic E-state index is 12.9. The molecule has 0 bridgehead atoms. The number of hydrogen-bond acceptors (Lipinski definition) is 3. The lowest BCUT2D eigenvalue weighted by Gasteiger charge is -2.37. The second-order valence-electron chi connectivity index (χ2n) is 6.53. The third kappa shape index (κ3) is 4.45. The summed E-state index contributed by atoms with van der Waals surface area (Å²) in [5, 5.41) is 0. The maximum absolute atomic E-state index is 12.9. The van der Waals surface area contributed by atoms with Crippen molar-refractivity contribution in [2.75, 3.05) is 32.7 Å². The van der Waals surface area contributed by atoms with Crippen molar-refractivity contribution in [2.45, 2.75) is 58.4 Å². The molecule has 2 aliphatic heterocycles. The Morgan fingerprint density at radius 1 is 0.913 bits per heavy atom. The highest BCUT2D eigenvalue weighted by molar-refractivity contribution is 5.88. The number of amides is 3. The lowest BCUT2D eigenvalue weighted by Crippen LogP contribution is -2.53. The van der Waals surface area contributed by atoms with Crippen LogP contribution in [0.25, 0.3) is 0 Å². The summed E-state index contributed by atoms with van der Waals surface area (Å²) in [7, 11) is 0. The van der Waals surface area contributed by atoms with E-state index in [1.807, 2.05) is 11.8 Å². The Balaban J connectivity index is 2.02. The molecule has 6 heteroatoms. The normalized spacial score (nSPS) is 22.7. The molecule has 1 unspecified atom stereocenters. The van der Waals surface area contributed by atoms with Gasteiger partial charge in [-0.2, -0.15) is 0 Å². The average Bonchev–Trinajstić information content (AvgIpc) is 2.80. The minimum Gasteiger partial charge on any atom is -0.341 e. The Morgan fingerprint density at radius 3 is 2.30 bits per heavy atom. The zero-order valence-electron chi connectivity index (χ0n) is 14.4. The second kappa shape index (κ2) is 8.31. The highest BCUT2D eigenvalue weighted by Crippen LogP contribution is 2.21. The first-order valence-corrected chi connectivity index (χ1v) is 8.88. The van der Waals surface area contributed by atoms with Crippen LogP contribution in [0.3, 0.4) is 0 Å². The van der Waals surface area contributed by atoms with Gasteiger partial charge in [0.05, 0.1) is 0 Å². The van der Waals surface area contributed by atoms with Gasteiger partial charge in [0.1, 0.15) is 6.04 Å². The molecule has 1 atom stereocenters. The van der Waals surface area contributed by atoms with Gasteiger partial charge in [0.25, 0.3) is 0 Å². The van der Waals surface area contributed by atoms with E-state index in [4.69, 9.17) is 0 Å². The standard InChI is InChI=1S/C17H29N3O3/c1-3-7-16(22)20-11-5-4-8-15(20)17(23)19-10-6-9-18(12-13-19)14(2)21/h15H,3-13H2,1-2H3. The van der Waals surface area contributed by atoms with Crippen LogP contribution in [0.4, 0.5) is 0 Å². The van der Waals surface area contributed by atoms with Crippen molar-refractivity contribution in [1.82, 2.24) is 14.7 Å². The van der Waals surface area contributed by atoms with Crippen LogP contribution in [-0.2, 0) is 14.4 Å². The van der Waals surface area contributed by atoms with Gasteiger partial charge in [0, 0.05) is 46.1 Å². The first kappa shape index (κ1) is 17.8. The van der Waals surface area contributed by atoms with Gasteiger partial charge in [-0.1, -0.05) is 6.92 Å². The zero-order valence-corrected chi connectivity index (χ0v) is 14.4. The Labute approximate surface area is 138 Å². The Kier molecular flexibility index (Phi) is 6.42. The molecule has 0 spiro atoms. The molecule has 2 heterocycles. The molecule has 0 saturated carbocycles. The molecular formula is C17H29N3O3. The van der Waals surface area contributed by atoms with E-state index in [0.717, 1.165) is 32.1 Å². The number of nitrogens with zero attached hydrogens (tertiary/aromatic N) is 3. The molecule has 0 aromatic heterocycles. The molecule has 2 saturated heterocycles. The minimum atomic E-state index is -0.299. The van der Waals surface area contributed by atoms with Gasteiger partial charge >= 0.3 is 0 Å². The van der Waals surface area contributed by atoms with E-state index in [0.29, 0.717) is 39.1 Å². The summed E-state index contributed by atoms with van der Waals surface area (Å²) in [6.45, 7) is 6.81. The van der Waals surface area contributed by atoms with Crippen LogP contribution >= 0.6 is 0 Å². The van der Waals surface area contributed by atoms with E-state index in [1.165, 1.54) is 0 Å². The van der Waals surface area contributed by atoms with Gasteiger partial charge in [-0.05, 0) is 32.1 Å². The van der Waals surface area contributed by atoms with E-state index in [1.54, 1.807) is 16.7 Å². The lowest BCUT2D eigenvalue weighted by atomic mass is 10.00. The van der Waals surface area contributed by atoms with Crippen molar-refractivity contribution >= 4 is 17.7 Å². The van der Waals surface area contributed by atoms with Gasteiger partial charge in [-0.25, -0.2) is 0 Å². The molecule has 0 N–H and O–H groups in total. The molecular weight excluding hydrogens is 294 g/mol. The molecule has 0 aromatic rings. The number of rotatable bonds is 3. The highest BCUT2D eigenvalue weighted by atomic mass is 16.2. The van der Waals surface area contributed by atoms with E-state index in [9.17, 15) is 14.4 Å². The van der Waals surface area contributed by atoms with Gasteiger partial charge in [0.2, 0.25) is 17.7 Å². The van der Waals surface area contributed by atoms with Gasteiger partial charge in [-0.15, -0.1) is 0 Å². The summed E-state index contributed by atoms with van der Waals surface area (Å²) in [5.74, 6) is 0.238. The Bertz CT molecular complexity index is 452. The molecule has 0 aliphatic carbocycles. The quantitative estimate of drug-likeness (QED) is 0.785. The molecule has 0 aromatic carbocycles. The molecule has 2 aliphatic rings. The van der Waals surface area contributed by atoms with Crippen LogP contribution in [0.1, 0.15) is 52.4 Å². The minimum absolute atomic E-state index is 0.0664. The zero-order chi connectivity index (χ0) is 16.8. The summed E-state index contributed by atoms with van der Waals surface area (Å²) in [6, 6.07) is -0.299. The Hall–Kier alpha value is -1.59. The number of piperidine rings is 1. The van der Waals surface area contributed by atoms with Crippen molar-refractivity contribution < 1.29 is 14.4 Å². The van der Waals surface area contributed by atoms with E-state index < -0.39 is 0 Å². The summed E-state index contributed by atoms with van der Waals surface area (Å²) in [5.41, 5.74) is 0. The van der Waals surface area contributed by atoms with Crippen molar-refractivity contribution in [3.8, 4) is 0 Å². The summed E-state index contributed by atoms with van der Waals surface area (Å²) in [4.78, 5) is 42.2. The fourth-order valence-corrected chi connectivity index (χ4v) is 3.51. The highest BCUT2D eigenvalue weighted by Gasteiger charge is 2.34. The molecule has 0 radical (unpaired) electrons. The molecule has 2 rings (SSSR count). The van der Waals surface area contributed by atoms with Crippen molar-refractivity contribution in [3.05, 3.63) is 0 Å². The van der Waals surface area contributed by atoms with Crippen molar-refractivity contribution in [2.24, 2.45) is 0 Å². The second-order valence-corrected chi connectivity index (χ2v) is 6.53. The van der Waals surface area contributed by atoms with Gasteiger partial charge < -0.3 is 14.7 Å². The molecule has 130 valence electrons. The monoisotopic (exact) mass is 323 g/mol. The third-order valence-corrected chi connectivity index (χ3v) is 4.82. The third-order valence-electron chi connectivity index (χ3n) is 4.82. The van der Waals surface area contributed by atoms with Crippen LogP contribution in [0.5, 0.6) is 0 Å². The smallest absolute Gasteiger partial charge is 0.245 e. The lowest BCUT2D eigenvalue weighted by molar-refractivity contribution is -0.147. The van der Waals surface area contributed by atoms with Crippen molar-refractivity contribution in [1.29, 1.82) is 0 Å². The number of likely N-dealkylation sites (tertiary alicyclic amines) is 1. The largest absolute Gasteiger partial charge is 0.341 e. The van der Waals surface area contributed by atoms with E-state index in [-0.39, 0.29) is 23.8 Å². The predicted octanol–water partition coefficient (Wildman–Crippen LogP) is 1.25. The average molecular weight is 323 g/mol. The van der Waals surface area contributed by atoms with Crippen LogP contribution < -0.4 is 0 Å². The predicted molar refractivity (Wildman–Crippen MR) is 87.7 cm³/mol. The van der Waals surface area contributed by atoms with Gasteiger partial charge in [0.15, 0.2) is 0 Å². The van der Waals surface area contributed by atoms with E-state index >= 15 is 0 Å². The molecule has 23 heavy (non-hydrogen) atoms. The number of carbonyl (C=O) groups is 3. The molecule has 6 nitrogen and oxygen atoms in total. The van der Waals surface area contributed by atoms with Crippen LogP contribution in [0.15, 0.2) is 0 Å². The first-order valence-electron chi connectivity index (χ1n) is 8.88. The van der Waals surface area contributed by atoms with Crippen LogP contribution in [0, 0.1) is 0 Å². The summed E-state index contributed by atoms with van der Waals surface area (Å²) < 4.78 is 0. The van der Waals surface area contributed by atoms with Crippen LogP contribution in [-0.4, -0.2) is 71.2 Å². The number of carbonyl (C=O) groups excluding carboxylic acids is 3. The molecule has 3 amide bonds. The fourth-order valence-electron chi connectivity index (χ4n) is 3.51. The Morgan fingerprint density at radius 2 is 1.61 bits per heavy atom. The maximum Gasteiger partial charge on any atom is 0.245 e. The van der Waals surface area contributed by atoms with Crippen molar-refractivity contribution in [3.63, 3.8) is 0 Å². The SMILES string of the molecule is CCCC(=O)N1CCCCC1C(=O)N1CCCN(C(C)=O)CC1. The van der Waals surface area contributed by atoms with E-state index in [2.05, 4.69) is 0 Å². The summed E-state index contributed by atoms with van der Waals surface area (Å²) >= 11 is 0. The van der Waals surface area contributed by atoms with Crippen LogP contribution in [0.2, 0.25) is 0 Å². The topological polar surface area (TPSA) is 60.9 Å². The number of hydrogen-bond donors (Lipinski definition) is 0. The first-order chi connectivity index (χ1) is 11.0. The van der Waals surface area contributed by atoms with Gasteiger partial charge in [-0.3, -0.25) is 14.4 Å².